The van der Waals surface area contributed by atoms with Crippen LogP contribution in [0, 0.1) is 5.92 Å². The van der Waals surface area contributed by atoms with Gasteiger partial charge in [-0.2, -0.15) is 0 Å². The Morgan fingerprint density at radius 3 is 2.38 bits per heavy atom. The average Bonchev–Trinajstić information content (AvgIpc) is 2.91. The Morgan fingerprint density at radius 1 is 1.38 bits per heavy atom. The monoisotopic (exact) mass is 358 g/mol. The molecule has 0 fully saturated rings. The van der Waals surface area contributed by atoms with Crippen molar-refractivity contribution in [2.75, 3.05) is 7.05 Å². The first-order valence-electron chi connectivity index (χ1n) is 7.75. The summed E-state index contributed by atoms with van der Waals surface area (Å²) in [6, 6.07) is -0.271. The summed E-state index contributed by atoms with van der Waals surface area (Å²) in [5.41, 5.74) is -0.687. The van der Waals surface area contributed by atoms with Crippen LogP contribution >= 0.6 is 11.3 Å². The zero-order valence-electron chi connectivity index (χ0n) is 14.9. The SMILES string of the molecule is CC(C)C(C[C@@H](O)c1nc(C(=O)O)cs1)N(C)C(=O)OC(C)(C)C. The van der Waals surface area contributed by atoms with Crippen molar-refractivity contribution >= 4 is 23.4 Å². The van der Waals surface area contributed by atoms with Gasteiger partial charge in [0.25, 0.3) is 0 Å². The first-order chi connectivity index (χ1) is 10.9. The van der Waals surface area contributed by atoms with Gasteiger partial charge in [-0.1, -0.05) is 13.8 Å². The van der Waals surface area contributed by atoms with E-state index < -0.39 is 23.8 Å². The number of rotatable bonds is 6. The van der Waals surface area contributed by atoms with E-state index in [1.807, 2.05) is 13.8 Å². The van der Waals surface area contributed by atoms with Crippen molar-refractivity contribution in [3.8, 4) is 0 Å². The zero-order valence-corrected chi connectivity index (χ0v) is 15.8. The number of amides is 1. The van der Waals surface area contributed by atoms with Crippen LogP contribution in [0.3, 0.4) is 0 Å². The first kappa shape index (κ1) is 20.4. The molecule has 2 N–H and O–H groups in total. The van der Waals surface area contributed by atoms with Gasteiger partial charge in [0.15, 0.2) is 5.69 Å². The summed E-state index contributed by atoms with van der Waals surface area (Å²) in [5.74, 6) is -1.05. The van der Waals surface area contributed by atoms with Crippen LogP contribution in [-0.2, 0) is 4.74 Å². The fourth-order valence-electron chi connectivity index (χ4n) is 2.22. The zero-order chi connectivity index (χ0) is 18.7. The molecule has 1 unspecified atom stereocenters. The molecule has 8 heteroatoms. The Hall–Kier alpha value is -1.67. The van der Waals surface area contributed by atoms with Crippen molar-refractivity contribution in [2.45, 2.75) is 58.8 Å². The number of hydrogen-bond acceptors (Lipinski definition) is 6. The van der Waals surface area contributed by atoms with Gasteiger partial charge in [-0.15, -0.1) is 11.3 Å². The molecule has 1 amide bonds. The minimum Gasteiger partial charge on any atom is -0.476 e. The molecule has 0 aliphatic rings. The lowest BCUT2D eigenvalue weighted by Gasteiger charge is -2.34. The molecule has 24 heavy (non-hydrogen) atoms. The standard InChI is InChI=1S/C16H26N2O5S/c1-9(2)11(18(6)15(22)23-16(3,4)5)7-12(19)13-17-10(8-24-13)14(20)21/h8-9,11-12,19H,7H2,1-6H3,(H,20,21)/t11?,12-/m1/s1. The summed E-state index contributed by atoms with van der Waals surface area (Å²) < 4.78 is 5.37. The fraction of sp³-hybridized carbons (Fsp3) is 0.688. The molecule has 0 aliphatic heterocycles. The van der Waals surface area contributed by atoms with Crippen molar-refractivity contribution in [2.24, 2.45) is 5.92 Å². The van der Waals surface area contributed by atoms with Crippen LogP contribution in [0.4, 0.5) is 4.79 Å². The molecular formula is C16H26N2O5S. The summed E-state index contributed by atoms with van der Waals surface area (Å²) in [4.78, 5) is 28.5. The molecule has 2 atom stereocenters. The van der Waals surface area contributed by atoms with Crippen LogP contribution < -0.4 is 0 Å². The molecule has 0 aromatic carbocycles. The van der Waals surface area contributed by atoms with E-state index in [1.54, 1.807) is 27.8 Å². The molecular weight excluding hydrogens is 332 g/mol. The number of thiazole rings is 1. The van der Waals surface area contributed by atoms with Crippen molar-refractivity contribution in [1.82, 2.24) is 9.88 Å². The molecule has 0 spiro atoms. The second-order valence-corrected chi connectivity index (χ2v) is 7.92. The number of carboxylic acids is 1. The summed E-state index contributed by atoms with van der Waals surface area (Å²) in [5, 5.41) is 21.0. The summed E-state index contributed by atoms with van der Waals surface area (Å²) >= 11 is 1.09. The summed E-state index contributed by atoms with van der Waals surface area (Å²) in [7, 11) is 1.63. The second-order valence-electron chi connectivity index (χ2n) is 7.03. The van der Waals surface area contributed by atoms with Crippen molar-refractivity contribution < 1.29 is 24.5 Å². The smallest absolute Gasteiger partial charge is 0.410 e. The van der Waals surface area contributed by atoms with Crippen LogP contribution in [0.5, 0.6) is 0 Å². The molecule has 7 nitrogen and oxygen atoms in total. The molecule has 0 saturated heterocycles. The lowest BCUT2D eigenvalue weighted by atomic mass is 9.97. The maximum atomic E-state index is 12.2. The van der Waals surface area contributed by atoms with Gasteiger partial charge < -0.3 is 19.8 Å². The lowest BCUT2D eigenvalue weighted by molar-refractivity contribution is 0.0106. The molecule has 136 valence electrons. The van der Waals surface area contributed by atoms with E-state index in [4.69, 9.17) is 9.84 Å². The third-order valence-corrected chi connectivity index (χ3v) is 4.39. The van der Waals surface area contributed by atoms with Gasteiger partial charge >= 0.3 is 12.1 Å². The number of carbonyl (C=O) groups excluding carboxylic acids is 1. The topological polar surface area (TPSA) is 100.0 Å². The fourth-order valence-corrected chi connectivity index (χ4v) is 3.01. The van der Waals surface area contributed by atoms with Gasteiger partial charge in [-0.25, -0.2) is 14.6 Å². The van der Waals surface area contributed by atoms with E-state index in [0.717, 1.165) is 11.3 Å². The van der Waals surface area contributed by atoms with E-state index in [1.165, 1.54) is 10.3 Å². The highest BCUT2D eigenvalue weighted by Gasteiger charge is 2.30. The van der Waals surface area contributed by atoms with E-state index in [-0.39, 0.29) is 24.1 Å². The number of aliphatic hydroxyl groups is 1. The molecule has 0 bridgehead atoms. The quantitative estimate of drug-likeness (QED) is 0.810. The Kier molecular flexibility index (Phi) is 6.74. The normalized spacial score (nSPS) is 14.3. The third-order valence-electron chi connectivity index (χ3n) is 3.44. The molecule has 1 rings (SSSR count). The van der Waals surface area contributed by atoms with Crippen molar-refractivity contribution in [1.29, 1.82) is 0 Å². The number of carboxylic acid groups (broad SMARTS) is 1. The molecule has 1 heterocycles. The number of carbonyl (C=O) groups is 2. The van der Waals surface area contributed by atoms with Gasteiger partial charge in [-0.3, -0.25) is 0 Å². The Labute approximate surface area is 146 Å². The molecule has 1 aromatic rings. The van der Waals surface area contributed by atoms with Gasteiger partial charge in [-0.05, 0) is 26.7 Å². The largest absolute Gasteiger partial charge is 0.476 e. The Bertz CT molecular complexity index is 579. The van der Waals surface area contributed by atoms with E-state index in [0.29, 0.717) is 5.01 Å². The van der Waals surface area contributed by atoms with Crippen molar-refractivity contribution in [3.05, 3.63) is 16.1 Å². The number of aromatic nitrogens is 1. The first-order valence-corrected chi connectivity index (χ1v) is 8.63. The van der Waals surface area contributed by atoms with Crippen LogP contribution in [0.15, 0.2) is 5.38 Å². The highest BCUT2D eigenvalue weighted by Crippen LogP contribution is 2.27. The maximum absolute atomic E-state index is 12.2. The minimum absolute atomic E-state index is 0.0797. The number of ether oxygens (including phenoxy) is 1. The van der Waals surface area contributed by atoms with Crippen LogP contribution in [-0.4, -0.2) is 50.9 Å². The predicted molar refractivity (Wildman–Crippen MR) is 91.3 cm³/mol. The maximum Gasteiger partial charge on any atom is 0.410 e. The molecule has 0 radical (unpaired) electrons. The second kappa shape index (κ2) is 7.94. The highest BCUT2D eigenvalue weighted by molar-refractivity contribution is 7.09. The number of nitrogens with zero attached hydrogens (tertiary/aromatic N) is 2. The lowest BCUT2D eigenvalue weighted by Crippen LogP contribution is -2.44. The summed E-state index contributed by atoms with van der Waals surface area (Å²) in [6.07, 6.45) is -1.15. The molecule has 0 saturated carbocycles. The summed E-state index contributed by atoms with van der Waals surface area (Å²) in [6.45, 7) is 9.27. The number of aliphatic hydroxyl groups excluding tert-OH is 1. The highest BCUT2D eigenvalue weighted by atomic mass is 32.1. The number of hydrogen-bond donors (Lipinski definition) is 2. The number of aromatic carboxylic acids is 1. The van der Waals surface area contributed by atoms with Gasteiger partial charge in [0.05, 0.1) is 0 Å². The Balaban J connectivity index is 2.84. The Morgan fingerprint density at radius 2 is 1.96 bits per heavy atom. The van der Waals surface area contributed by atoms with E-state index in [2.05, 4.69) is 4.98 Å². The van der Waals surface area contributed by atoms with E-state index in [9.17, 15) is 14.7 Å². The van der Waals surface area contributed by atoms with Gasteiger partial charge in [0, 0.05) is 24.9 Å². The van der Waals surface area contributed by atoms with E-state index >= 15 is 0 Å². The van der Waals surface area contributed by atoms with Gasteiger partial charge in [0.2, 0.25) is 0 Å². The van der Waals surface area contributed by atoms with Gasteiger partial charge in [0.1, 0.15) is 16.7 Å². The van der Waals surface area contributed by atoms with Crippen molar-refractivity contribution in [3.63, 3.8) is 0 Å². The predicted octanol–water partition coefficient (Wildman–Crippen LogP) is 3.16. The molecule has 1 aromatic heterocycles. The van der Waals surface area contributed by atoms with Crippen LogP contribution in [0.2, 0.25) is 0 Å². The minimum atomic E-state index is -1.13. The van der Waals surface area contributed by atoms with Crippen LogP contribution in [0.25, 0.3) is 0 Å². The molecule has 0 aliphatic carbocycles. The average molecular weight is 358 g/mol. The van der Waals surface area contributed by atoms with Crippen LogP contribution in [0.1, 0.15) is 62.6 Å². The third kappa shape index (κ3) is 5.76.